The van der Waals surface area contributed by atoms with E-state index >= 15 is 0 Å². The zero-order valence-electron chi connectivity index (χ0n) is 17.8. The van der Waals surface area contributed by atoms with Crippen LogP contribution in [0.1, 0.15) is 49.9 Å². The van der Waals surface area contributed by atoms with Gasteiger partial charge in [0.05, 0.1) is 6.54 Å². The van der Waals surface area contributed by atoms with E-state index < -0.39 is 0 Å². The van der Waals surface area contributed by atoms with E-state index in [1.54, 1.807) is 6.33 Å². The lowest BCUT2D eigenvalue weighted by molar-refractivity contribution is 0.248. The fraction of sp³-hybridized carbons (Fsp3) is 0.591. The number of H-pyrrole nitrogens is 1. The van der Waals surface area contributed by atoms with Gasteiger partial charge in [0.1, 0.15) is 12.2 Å². The monoisotopic (exact) mass is 523 g/mol. The molecule has 164 valence electrons. The smallest absolute Gasteiger partial charge is 0.193 e. The summed E-state index contributed by atoms with van der Waals surface area (Å²) in [5.41, 5.74) is 1.39. The normalized spacial score (nSPS) is 20.9. The first kappa shape index (κ1) is 23.0. The number of nitrogens with zero attached hydrogens (tertiary/aromatic N) is 5. The predicted molar refractivity (Wildman–Crippen MR) is 131 cm³/mol. The third kappa shape index (κ3) is 5.94. The van der Waals surface area contributed by atoms with Crippen LogP contribution in [0.25, 0.3) is 0 Å². The highest BCUT2D eigenvalue weighted by molar-refractivity contribution is 14.0. The molecule has 4 rings (SSSR count). The molecule has 0 spiro atoms. The summed E-state index contributed by atoms with van der Waals surface area (Å²) in [5, 5.41) is 10.5. The van der Waals surface area contributed by atoms with Crippen LogP contribution in [0.5, 0.6) is 0 Å². The van der Waals surface area contributed by atoms with Crippen LogP contribution >= 0.6 is 24.0 Å². The molecule has 8 heteroatoms. The van der Waals surface area contributed by atoms with Crippen molar-refractivity contribution in [2.45, 2.75) is 51.1 Å². The Bertz CT molecular complexity index is 757. The van der Waals surface area contributed by atoms with Crippen molar-refractivity contribution in [1.29, 1.82) is 0 Å². The van der Waals surface area contributed by atoms with Crippen molar-refractivity contribution < 1.29 is 0 Å². The molecule has 0 bridgehead atoms. The molecule has 3 heterocycles. The Balaban J connectivity index is 0.00000256. The molecular formula is C22H34IN7. The summed E-state index contributed by atoms with van der Waals surface area (Å²) in [6.45, 7) is 8.14. The fourth-order valence-electron chi connectivity index (χ4n) is 4.52. The van der Waals surface area contributed by atoms with Crippen LogP contribution in [0.2, 0.25) is 0 Å². The molecule has 2 aliphatic heterocycles. The van der Waals surface area contributed by atoms with Gasteiger partial charge >= 0.3 is 0 Å². The van der Waals surface area contributed by atoms with Crippen molar-refractivity contribution in [2.24, 2.45) is 4.99 Å². The molecule has 2 aromatic rings. The summed E-state index contributed by atoms with van der Waals surface area (Å²) < 4.78 is 0. The van der Waals surface area contributed by atoms with Crippen LogP contribution in [0, 0.1) is 0 Å². The van der Waals surface area contributed by atoms with Gasteiger partial charge in [-0.25, -0.2) is 4.98 Å². The first-order chi connectivity index (χ1) is 14.3. The number of halogens is 1. The molecule has 1 unspecified atom stereocenters. The van der Waals surface area contributed by atoms with Crippen molar-refractivity contribution >= 4 is 29.9 Å². The van der Waals surface area contributed by atoms with Crippen LogP contribution in [-0.4, -0.2) is 69.7 Å². The first-order valence-electron chi connectivity index (χ1n) is 11.0. The highest BCUT2D eigenvalue weighted by atomic mass is 127. The Labute approximate surface area is 196 Å². The molecule has 1 atom stereocenters. The van der Waals surface area contributed by atoms with E-state index in [1.165, 1.54) is 24.9 Å². The van der Waals surface area contributed by atoms with E-state index in [-0.39, 0.29) is 24.0 Å². The summed E-state index contributed by atoms with van der Waals surface area (Å²) in [6.07, 6.45) is 6.29. The lowest BCUT2D eigenvalue weighted by atomic mass is 9.96. The van der Waals surface area contributed by atoms with Gasteiger partial charge in [-0.2, -0.15) is 5.10 Å². The van der Waals surface area contributed by atoms with Crippen molar-refractivity contribution in [3.05, 3.63) is 48.0 Å². The Kier molecular flexibility index (Phi) is 8.92. The maximum Gasteiger partial charge on any atom is 0.193 e. The van der Waals surface area contributed by atoms with Gasteiger partial charge in [-0.1, -0.05) is 30.3 Å². The maximum absolute atomic E-state index is 5.05. The molecule has 7 nitrogen and oxygen atoms in total. The van der Waals surface area contributed by atoms with Crippen LogP contribution in [0.15, 0.2) is 41.7 Å². The second kappa shape index (κ2) is 11.6. The van der Waals surface area contributed by atoms with Gasteiger partial charge in [0, 0.05) is 38.1 Å². The molecule has 1 aromatic heterocycles. The number of aromatic amines is 1. The second-order valence-corrected chi connectivity index (χ2v) is 8.08. The van der Waals surface area contributed by atoms with Gasteiger partial charge in [0.2, 0.25) is 0 Å². The van der Waals surface area contributed by atoms with Crippen LogP contribution in [0.4, 0.5) is 0 Å². The summed E-state index contributed by atoms with van der Waals surface area (Å²) in [4.78, 5) is 14.4. The summed E-state index contributed by atoms with van der Waals surface area (Å²) >= 11 is 0. The van der Waals surface area contributed by atoms with Crippen LogP contribution in [-0.2, 0) is 6.54 Å². The van der Waals surface area contributed by atoms with Gasteiger partial charge in [-0.15, -0.1) is 24.0 Å². The maximum atomic E-state index is 5.05. The number of rotatable bonds is 6. The predicted octanol–water partition coefficient (Wildman–Crippen LogP) is 3.23. The van der Waals surface area contributed by atoms with Gasteiger partial charge in [-0.3, -0.25) is 15.0 Å². The lowest BCUT2D eigenvalue weighted by Gasteiger charge is -2.34. The zero-order chi connectivity index (χ0) is 19.9. The minimum Gasteiger partial charge on any atom is -0.357 e. The van der Waals surface area contributed by atoms with E-state index in [4.69, 9.17) is 4.99 Å². The largest absolute Gasteiger partial charge is 0.357 e. The topological polar surface area (TPSA) is 72.4 Å². The molecule has 1 aromatic carbocycles. The summed E-state index contributed by atoms with van der Waals surface area (Å²) in [7, 11) is 0. The SMILES string of the molecule is CCNC(=NCC1CCCN1Cc1ccccc1)N1CCC(c2ncn[nH]2)CC1.I. The van der Waals surface area contributed by atoms with Gasteiger partial charge in [0.15, 0.2) is 5.96 Å². The van der Waals surface area contributed by atoms with Gasteiger partial charge in [0.25, 0.3) is 0 Å². The lowest BCUT2D eigenvalue weighted by Crippen LogP contribution is -2.46. The second-order valence-electron chi connectivity index (χ2n) is 8.08. The van der Waals surface area contributed by atoms with Crippen molar-refractivity contribution in [2.75, 3.05) is 32.7 Å². The number of aliphatic imine (C=N–C) groups is 1. The van der Waals surface area contributed by atoms with E-state index in [9.17, 15) is 0 Å². The van der Waals surface area contributed by atoms with E-state index in [1.807, 2.05) is 0 Å². The molecule has 2 N–H and O–H groups in total. The number of benzene rings is 1. The average Bonchev–Trinajstić information content (AvgIpc) is 3.45. The van der Waals surface area contributed by atoms with Gasteiger partial charge < -0.3 is 10.2 Å². The highest BCUT2D eigenvalue weighted by Gasteiger charge is 2.26. The number of hydrogen-bond acceptors (Lipinski definition) is 4. The standard InChI is InChI=1S/C22H33N7.HI/c1-2-23-22(28-13-10-19(11-14-28)21-25-17-26-27-21)24-15-20-9-6-12-29(20)16-18-7-4-3-5-8-18;/h3-5,7-8,17,19-20H,2,6,9-16H2,1H3,(H,23,24)(H,25,26,27);1H. The number of piperidine rings is 1. The van der Waals surface area contributed by atoms with Crippen molar-refractivity contribution in [3.8, 4) is 0 Å². The summed E-state index contributed by atoms with van der Waals surface area (Å²) in [6, 6.07) is 11.3. The van der Waals surface area contributed by atoms with Crippen LogP contribution < -0.4 is 5.32 Å². The average molecular weight is 523 g/mol. The molecular weight excluding hydrogens is 489 g/mol. The van der Waals surface area contributed by atoms with Crippen molar-refractivity contribution in [3.63, 3.8) is 0 Å². The molecule has 0 amide bonds. The minimum atomic E-state index is 0. The number of guanidine groups is 1. The first-order valence-corrected chi connectivity index (χ1v) is 11.0. The molecule has 0 saturated carbocycles. The fourth-order valence-corrected chi connectivity index (χ4v) is 4.52. The quantitative estimate of drug-likeness (QED) is 0.346. The number of likely N-dealkylation sites (tertiary alicyclic amines) is 2. The molecule has 2 aliphatic rings. The molecule has 0 radical (unpaired) electrons. The Hall–Kier alpha value is -1.68. The zero-order valence-corrected chi connectivity index (χ0v) is 20.2. The molecule has 2 saturated heterocycles. The van der Waals surface area contributed by atoms with Crippen LogP contribution in [0.3, 0.4) is 0 Å². The summed E-state index contributed by atoms with van der Waals surface area (Å²) in [5.74, 6) is 2.57. The molecule has 0 aliphatic carbocycles. The van der Waals surface area contributed by atoms with Gasteiger partial charge in [-0.05, 0) is 44.7 Å². The molecule has 2 fully saturated rings. The van der Waals surface area contributed by atoms with E-state index in [0.29, 0.717) is 12.0 Å². The van der Waals surface area contributed by atoms with Crippen molar-refractivity contribution in [1.82, 2.24) is 30.3 Å². The number of hydrogen-bond donors (Lipinski definition) is 2. The van der Waals surface area contributed by atoms with E-state index in [2.05, 4.69) is 67.6 Å². The molecule has 30 heavy (non-hydrogen) atoms. The number of aromatic nitrogens is 3. The Morgan fingerprint density at radius 2 is 1.97 bits per heavy atom. The minimum absolute atomic E-state index is 0. The Morgan fingerprint density at radius 1 is 1.17 bits per heavy atom. The number of nitrogens with one attached hydrogen (secondary N) is 2. The third-order valence-electron chi connectivity index (χ3n) is 6.13. The van der Waals surface area contributed by atoms with E-state index in [0.717, 1.165) is 57.3 Å². The highest BCUT2D eigenvalue weighted by Crippen LogP contribution is 2.25. The third-order valence-corrected chi connectivity index (χ3v) is 6.13. The Morgan fingerprint density at radius 3 is 2.67 bits per heavy atom.